The smallest absolute Gasteiger partial charge is 0.411 e. The first-order valence-electron chi connectivity index (χ1n) is 30.9. The first-order chi connectivity index (χ1) is 44.3. The van der Waals surface area contributed by atoms with Crippen LogP contribution >= 0.6 is 0 Å². The number of carbonyl (C=O) groups is 10. The zero-order valence-corrected chi connectivity index (χ0v) is 56.2. The van der Waals surface area contributed by atoms with Crippen molar-refractivity contribution in [3.8, 4) is 16.9 Å². The number of alkyl carbamates (subject to hydrolysis) is 1. The Hall–Kier alpha value is -9.36. The molecule has 0 spiro atoms. The van der Waals surface area contributed by atoms with Crippen LogP contribution in [0.25, 0.3) is 11.1 Å². The average molecular weight is 1310 g/mol. The number of benzene rings is 4. The molecule has 1 heterocycles. The van der Waals surface area contributed by atoms with Crippen LogP contribution in [0.1, 0.15) is 123 Å². The van der Waals surface area contributed by atoms with Crippen LogP contribution in [-0.4, -0.2) is 154 Å². The van der Waals surface area contributed by atoms with Crippen molar-refractivity contribution in [1.29, 1.82) is 0 Å². The normalized spacial score (nSPS) is 17.9. The molecule has 1 fully saturated rings. The number of ether oxygens (including phenoxy) is 9. The molecule has 0 aromatic heterocycles. The fraction of sp³-hybridized carbons (Fsp3) is 0.478. The lowest BCUT2D eigenvalue weighted by molar-refractivity contribution is -0.282. The zero-order chi connectivity index (χ0) is 69.5. The van der Waals surface area contributed by atoms with Crippen molar-refractivity contribution in [2.24, 2.45) is 11.3 Å². The zero-order valence-electron chi connectivity index (χ0n) is 56.2. The molecule has 0 radical (unpaired) electrons. The molecule has 4 aromatic rings. The van der Waals surface area contributed by atoms with E-state index in [4.69, 9.17) is 42.6 Å². The third-order valence-corrected chi connectivity index (χ3v) is 16.0. The number of fused-ring (bicyclic) bond motifs is 3. The largest absolute Gasteiger partial charge is 0.467 e. The van der Waals surface area contributed by atoms with Crippen molar-refractivity contribution in [3.05, 3.63) is 124 Å². The van der Waals surface area contributed by atoms with Gasteiger partial charge in [-0.15, -0.1) is 0 Å². The van der Waals surface area contributed by atoms with Gasteiger partial charge in [0, 0.05) is 63.4 Å². The summed E-state index contributed by atoms with van der Waals surface area (Å²) in [5.74, 6) is -6.30. The maximum atomic E-state index is 14.5. The van der Waals surface area contributed by atoms with Crippen molar-refractivity contribution < 1.29 is 90.6 Å². The van der Waals surface area contributed by atoms with Gasteiger partial charge in [0.1, 0.15) is 25.0 Å². The minimum atomic E-state index is -1.84. The van der Waals surface area contributed by atoms with E-state index in [1.807, 2.05) is 97.0 Å². The highest BCUT2D eigenvalue weighted by Crippen LogP contribution is 2.45. The summed E-state index contributed by atoms with van der Waals surface area (Å²) in [6.07, 6.45) is -9.09. The molecule has 25 heteroatoms. The van der Waals surface area contributed by atoms with E-state index < -0.39 is 120 Å². The molecule has 6 rings (SSSR count). The van der Waals surface area contributed by atoms with E-state index in [1.165, 1.54) is 11.0 Å². The van der Waals surface area contributed by atoms with E-state index in [1.54, 1.807) is 71.3 Å². The van der Waals surface area contributed by atoms with Gasteiger partial charge < -0.3 is 68.8 Å². The second-order valence-electron chi connectivity index (χ2n) is 24.9. The van der Waals surface area contributed by atoms with E-state index in [9.17, 15) is 47.9 Å². The summed E-state index contributed by atoms with van der Waals surface area (Å²) in [5, 5.41) is 14.3. The molecule has 508 valence electrons. The van der Waals surface area contributed by atoms with Crippen molar-refractivity contribution in [2.75, 3.05) is 51.6 Å². The van der Waals surface area contributed by atoms with Gasteiger partial charge in [-0.05, 0) is 102 Å². The molecule has 0 saturated carbocycles. The molecule has 1 aliphatic carbocycles. The summed E-state index contributed by atoms with van der Waals surface area (Å²) in [6, 6.07) is 23.0. The van der Waals surface area contributed by atoms with Gasteiger partial charge in [0.15, 0.2) is 18.3 Å². The Labute approximate surface area is 547 Å². The third kappa shape index (κ3) is 18.7. The number of hydrogen-bond donors (Lipinski definition) is 5. The number of carbonyl (C=O) groups excluding carboxylic acids is 10. The van der Waals surface area contributed by atoms with Crippen molar-refractivity contribution in [2.45, 2.75) is 163 Å². The summed E-state index contributed by atoms with van der Waals surface area (Å²) in [7, 11) is 4.30. The Kier molecular flexibility index (Phi) is 25.5. The van der Waals surface area contributed by atoms with E-state index in [2.05, 4.69) is 26.6 Å². The Bertz CT molecular complexity index is 3440. The molecule has 1 aliphatic heterocycles. The molecule has 5 amide bonds. The number of esters is 5. The SMILES string of the molecule is CCOC(=O)/C(C)=C/[C@H](C(C)C)N(C)C(=O)[C@@H](NC(=O)[C@H](NC)C(C)(C)c1cccc(NC(=O)OCc2cc(C)c(O[C@@H]3O[C@H](C(=O)OC)[C@@H](OC(C)=O)C(OC(C)=O)[C@H]3OC(C)=O)c(NC(=O)CCNC(=O)OCC3c4ccccc4-c4ccccc43)c2)c1)C(C)(C)C. The third-order valence-electron chi connectivity index (χ3n) is 16.0. The van der Waals surface area contributed by atoms with Crippen LogP contribution in [0.15, 0.2) is 96.6 Å². The monoisotopic (exact) mass is 1300 g/mol. The second-order valence-corrected chi connectivity index (χ2v) is 24.9. The number of aryl methyl sites for hydroxylation is 1. The van der Waals surface area contributed by atoms with Gasteiger partial charge in [-0.1, -0.05) is 115 Å². The van der Waals surface area contributed by atoms with Crippen LogP contribution in [0.2, 0.25) is 0 Å². The van der Waals surface area contributed by atoms with Crippen LogP contribution in [0, 0.1) is 18.3 Å². The van der Waals surface area contributed by atoms with Gasteiger partial charge in [0.25, 0.3) is 0 Å². The fourth-order valence-electron chi connectivity index (χ4n) is 11.4. The number of nitrogens with one attached hydrogen (secondary N) is 5. The van der Waals surface area contributed by atoms with Gasteiger partial charge in [0.05, 0.1) is 31.5 Å². The standard InChI is InChI=1S/C69H88N6O19/c1-17-87-63(82)39(5)32-52(37(2)3)75(15)62(81)60(68(9,10)11)74-61(80)59(70-14)69(12,13)44-23-22-24-45(34-44)72-67(85)88-35-43-31-38(4)54(93-65-58(92-42(8)78)56(91-41(7)77)55(90-40(6)76)57(94-65)64(83)86-16)51(33-43)73-53(79)29-30-71-66(84)89-36-50-48-27-20-18-25-46(48)47-26-19-21-28-49(47)50/h18-28,31-34,37,50,52,55-60,65,70H,17,29-30,35-36H2,1-16H3,(H,71,84)(H,72,85)(H,73,79)(H,74,80)/b39-32+/t52-,55+,56?,57+,58-,59+,60-,65-/m1/s1. The number of methoxy groups -OCH3 is 1. The quantitative estimate of drug-likeness (QED) is 0.0225. The molecule has 4 aromatic carbocycles. The van der Waals surface area contributed by atoms with Gasteiger partial charge in [-0.3, -0.25) is 34.1 Å². The summed E-state index contributed by atoms with van der Waals surface area (Å²) in [5.41, 5.74) is 4.11. The lowest BCUT2D eigenvalue weighted by atomic mass is 9.76. The lowest BCUT2D eigenvalue weighted by Gasteiger charge is -2.43. The average Bonchev–Trinajstić information content (AvgIpc) is 1.73. The van der Waals surface area contributed by atoms with Crippen LogP contribution in [0.5, 0.6) is 5.75 Å². The van der Waals surface area contributed by atoms with Crippen LogP contribution in [-0.2, 0) is 88.3 Å². The van der Waals surface area contributed by atoms with Crippen molar-refractivity contribution in [3.63, 3.8) is 0 Å². The summed E-state index contributed by atoms with van der Waals surface area (Å²) >= 11 is 0. The highest BCUT2D eigenvalue weighted by molar-refractivity contribution is 5.94. The van der Waals surface area contributed by atoms with Crippen LogP contribution in [0.4, 0.5) is 21.0 Å². The molecular weight excluding hydrogens is 1220 g/mol. The summed E-state index contributed by atoms with van der Waals surface area (Å²) in [6.45, 7) is 20.7. The Morgan fingerprint density at radius 1 is 0.713 bits per heavy atom. The lowest BCUT2D eigenvalue weighted by Crippen LogP contribution is -2.64. The van der Waals surface area contributed by atoms with Crippen molar-refractivity contribution in [1.82, 2.24) is 20.9 Å². The molecule has 1 saturated heterocycles. The summed E-state index contributed by atoms with van der Waals surface area (Å²) in [4.78, 5) is 135. The molecule has 0 bridgehead atoms. The number of hydrogen-bond acceptors (Lipinski definition) is 20. The molecule has 94 heavy (non-hydrogen) atoms. The predicted octanol–water partition coefficient (Wildman–Crippen LogP) is 8.07. The second kappa shape index (κ2) is 32.5. The minimum Gasteiger partial charge on any atom is -0.467 e. The van der Waals surface area contributed by atoms with Crippen LogP contribution in [0.3, 0.4) is 0 Å². The highest BCUT2D eigenvalue weighted by atomic mass is 16.7. The molecule has 1 unspecified atom stereocenters. The Morgan fingerprint density at radius 3 is 1.89 bits per heavy atom. The van der Waals surface area contributed by atoms with E-state index in [-0.39, 0.29) is 60.9 Å². The van der Waals surface area contributed by atoms with E-state index in [0.717, 1.165) is 50.1 Å². The minimum absolute atomic E-state index is 0.0270. The molecule has 5 N–H and O–H groups in total. The Balaban J connectivity index is 1.22. The first-order valence-corrected chi connectivity index (χ1v) is 30.9. The highest BCUT2D eigenvalue weighted by Gasteiger charge is 2.56. The number of anilines is 2. The van der Waals surface area contributed by atoms with Gasteiger partial charge in [0.2, 0.25) is 30.1 Å². The molecule has 25 nitrogen and oxygen atoms in total. The molecule has 8 atom stereocenters. The van der Waals surface area contributed by atoms with Crippen LogP contribution < -0.4 is 31.3 Å². The van der Waals surface area contributed by atoms with Gasteiger partial charge in [-0.2, -0.15) is 0 Å². The fourth-order valence-corrected chi connectivity index (χ4v) is 11.4. The van der Waals surface area contributed by atoms with Gasteiger partial charge in [-0.25, -0.2) is 19.2 Å². The molecular formula is C69H88N6O19. The van der Waals surface area contributed by atoms with Gasteiger partial charge >= 0.3 is 42.0 Å². The predicted molar refractivity (Wildman–Crippen MR) is 345 cm³/mol. The first kappa shape index (κ1) is 73.7. The van der Waals surface area contributed by atoms with E-state index in [0.29, 0.717) is 22.4 Å². The Morgan fingerprint density at radius 2 is 1.32 bits per heavy atom. The molecule has 2 aliphatic rings. The van der Waals surface area contributed by atoms with Crippen molar-refractivity contribution >= 4 is 71.1 Å². The maximum absolute atomic E-state index is 14.5. The van der Waals surface area contributed by atoms with E-state index >= 15 is 0 Å². The maximum Gasteiger partial charge on any atom is 0.411 e. The topological polar surface area (TPSA) is 317 Å². The number of rotatable bonds is 26. The number of likely N-dealkylation sites (N-methyl/N-ethyl adjacent to an activating group) is 2. The summed E-state index contributed by atoms with van der Waals surface area (Å²) < 4.78 is 50.5. The number of nitrogens with zero attached hydrogens (tertiary/aromatic N) is 1. The number of amides is 5.